The summed E-state index contributed by atoms with van der Waals surface area (Å²) in [6.07, 6.45) is 0. The standard InChI is InChI=1S/C20H18Cl2N2O3/c1-13(20(25)26)12-27-19-10-18(15-7-8-16(21)17(22)9-15)24(23-19)11-14-5-3-2-4-6-14/h2-10,13H,11-12H2,1H3,(H,25,26). The third-order valence-corrected chi connectivity index (χ3v) is 4.79. The van der Waals surface area contributed by atoms with E-state index in [-0.39, 0.29) is 6.61 Å². The minimum atomic E-state index is -0.913. The fourth-order valence-corrected chi connectivity index (χ4v) is 2.81. The Morgan fingerprint density at radius 2 is 1.89 bits per heavy atom. The first-order valence-corrected chi connectivity index (χ1v) is 9.12. The van der Waals surface area contributed by atoms with Gasteiger partial charge in [0.25, 0.3) is 0 Å². The van der Waals surface area contributed by atoms with Gasteiger partial charge in [-0.1, -0.05) is 59.6 Å². The summed E-state index contributed by atoms with van der Waals surface area (Å²) in [7, 11) is 0. The molecule has 0 spiro atoms. The predicted octanol–water partition coefficient (Wildman–Crippen LogP) is 5.00. The molecule has 0 saturated heterocycles. The molecule has 3 aromatic rings. The van der Waals surface area contributed by atoms with E-state index in [2.05, 4.69) is 5.10 Å². The summed E-state index contributed by atoms with van der Waals surface area (Å²) in [6.45, 7) is 2.16. The van der Waals surface area contributed by atoms with Crippen LogP contribution in [0.4, 0.5) is 0 Å². The lowest BCUT2D eigenvalue weighted by Crippen LogP contribution is -2.18. The van der Waals surface area contributed by atoms with Gasteiger partial charge in [0.2, 0.25) is 5.88 Å². The number of carboxylic acid groups (broad SMARTS) is 1. The number of benzene rings is 2. The van der Waals surface area contributed by atoms with Crippen molar-refractivity contribution in [2.45, 2.75) is 13.5 Å². The topological polar surface area (TPSA) is 64.4 Å². The monoisotopic (exact) mass is 404 g/mol. The first-order valence-electron chi connectivity index (χ1n) is 8.37. The molecule has 0 aliphatic heterocycles. The van der Waals surface area contributed by atoms with Crippen LogP contribution in [0.15, 0.2) is 54.6 Å². The summed E-state index contributed by atoms with van der Waals surface area (Å²) >= 11 is 12.2. The van der Waals surface area contributed by atoms with Crippen LogP contribution in [0.25, 0.3) is 11.3 Å². The number of carboxylic acids is 1. The van der Waals surface area contributed by atoms with Gasteiger partial charge in [0.1, 0.15) is 6.61 Å². The molecule has 1 atom stereocenters. The van der Waals surface area contributed by atoms with Gasteiger partial charge in [0, 0.05) is 11.6 Å². The number of rotatable bonds is 7. The van der Waals surface area contributed by atoms with Gasteiger partial charge in [-0.3, -0.25) is 9.48 Å². The summed E-state index contributed by atoms with van der Waals surface area (Å²) in [5.74, 6) is -1.18. The summed E-state index contributed by atoms with van der Waals surface area (Å²) in [6, 6.07) is 17.0. The van der Waals surface area contributed by atoms with Gasteiger partial charge in [0.05, 0.1) is 28.2 Å². The summed E-state index contributed by atoms with van der Waals surface area (Å²) in [4.78, 5) is 11.0. The molecule has 5 nitrogen and oxygen atoms in total. The molecule has 0 aliphatic rings. The molecule has 1 N–H and O–H groups in total. The Morgan fingerprint density at radius 1 is 1.15 bits per heavy atom. The van der Waals surface area contributed by atoms with E-state index in [1.165, 1.54) is 0 Å². The van der Waals surface area contributed by atoms with E-state index in [1.54, 1.807) is 29.8 Å². The van der Waals surface area contributed by atoms with E-state index in [0.29, 0.717) is 22.5 Å². The molecule has 2 aromatic carbocycles. The molecule has 27 heavy (non-hydrogen) atoms. The third-order valence-electron chi connectivity index (χ3n) is 4.05. The van der Waals surface area contributed by atoms with Crippen molar-refractivity contribution in [1.29, 1.82) is 0 Å². The van der Waals surface area contributed by atoms with Crippen molar-refractivity contribution >= 4 is 29.2 Å². The molecular formula is C20H18Cl2N2O3. The second kappa shape index (κ2) is 8.46. The smallest absolute Gasteiger partial charge is 0.309 e. The number of aliphatic carboxylic acids is 1. The lowest BCUT2D eigenvalue weighted by Gasteiger charge is -2.08. The highest BCUT2D eigenvalue weighted by atomic mass is 35.5. The van der Waals surface area contributed by atoms with E-state index in [4.69, 9.17) is 33.0 Å². The number of halogens is 2. The van der Waals surface area contributed by atoms with E-state index in [9.17, 15) is 4.79 Å². The number of carbonyl (C=O) groups is 1. The van der Waals surface area contributed by atoms with Crippen LogP contribution >= 0.6 is 23.2 Å². The highest BCUT2D eigenvalue weighted by Crippen LogP contribution is 2.31. The number of nitrogens with zero attached hydrogens (tertiary/aromatic N) is 2. The zero-order valence-corrected chi connectivity index (χ0v) is 16.1. The minimum absolute atomic E-state index is 0.0402. The van der Waals surface area contributed by atoms with Gasteiger partial charge >= 0.3 is 5.97 Å². The Bertz CT molecular complexity index is 942. The minimum Gasteiger partial charge on any atom is -0.481 e. The SMILES string of the molecule is CC(COc1cc(-c2ccc(Cl)c(Cl)c2)n(Cc2ccccc2)n1)C(=O)O. The molecule has 3 rings (SSSR count). The largest absolute Gasteiger partial charge is 0.481 e. The molecule has 0 radical (unpaired) electrons. The highest BCUT2D eigenvalue weighted by molar-refractivity contribution is 6.42. The van der Waals surface area contributed by atoms with Crippen molar-refractivity contribution in [3.05, 3.63) is 70.2 Å². The zero-order chi connectivity index (χ0) is 19.4. The molecule has 1 aromatic heterocycles. The Balaban J connectivity index is 1.93. The number of ether oxygens (including phenoxy) is 1. The van der Waals surface area contributed by atoms with Crippen molar-refractivity contribution < 1.29 is 14.6 Å². The van der Waals surface area contributed by atoms with Crippen molar-refractivity contribution in [3.8, 4) is 17.1 Å². The number of hydrogen-bond acceptors (Lipinski definition) is 3. The fourth-order valence-electron chi connectivity index (χ4n) is 2.51. The number of aromatic nitrogens is 2. The Morgan fingerprint density at radius 3 is 2.56 bits per heavy atom. The first kappa shape index (κ1) is 19.3. The van der Waals surface area contributed by atoms with Crippen LogP contribution in [-0.4, -0.2) is 27.5 Å². The molecule has 0 aliphatic carbocycles. The fraction of sp³-hybridized carbons (Fsp3) is 0.200. The van der Waals surface area contributed by atoms with Crippen molar-refractivity contribution in [3.63, 3.8) is 0 Å². The highest BCUT2D eigenvalue weighted by Gasteiger charge is 2.16. The van der Waals surface area contributed by atoms with E-state index >= 15 is 0 Å². The molecule has 0 fully saturated rings. The Labute approximate surface area is 167 Å². The first-order chi connectivity index (χ1) is 12.9. The molecule has 0 bridgehead atoms. The van der Waals surface area contributed by atoms with Crippen LogP contribution in [-0.2, 0) is 11.3 Å². The molecular weight excluding hydrogens is 387 g/mol. The predicted molar refractivity (Wildman–Crippen MR) is 106 cm³/mol. The quantitative estimate of drug-likeness (QED) is 0.601. The Kier molecular flexibility index (Phi) is 6.04. The van der Waals surface area contributed by atoms with Gasteiger partial charge in [-0.05, 0) is 24.6 Å². The molecule has 0 saturated carbocycles. The second-order valence-corrected chi connectivity index (χ2v) is 7.00. The van der Waals surface area contributed by atoms with Gasteiger partial charge in [0.15, 0.2) is 0 Å². The molecule has 140 valence electrons. The summed E-state index contributed by atoms with van der Waals surface area (Å²) < 4.78 is 7.39. The van der Waals surface area contributed by atoms with Crippen LogP contribution in [0.3, 0.4) is 0 Å². The maximum absolute atomic E-state index is 11.0. The lowest BCUT2D eigenvalue weighted by molar-refractivity contribution is -0.142. The Hall–Kier alpha value is -2.50. The number of hydrogen-bond donors (Lipinski definition) is 1. The van der Waals surface area contributed by atoms with Crippen LogP contribution in [0, 0.1) is 5.92 Å². The molecule has 7 heteroatoms. The van der Waals surface area contributed by atoms with Crippen molar-refractivity contribution in [1.82, 2.24) is 9.78 Å². The second-order valence-electron chi connectivity index (χ2n) is 6.19. The van der Waals surface area contributed by atoms with Gasteiger partial charge < -0.3 is 9.84 Å². The van der Waals surface area contributed by atoms with Crippen molar-refractivity contribution in [2.24, 2.45) is 5.92 Å². The maximum Gasteiger partial charge on any atom is 0.309 e. The van der Waals surface area contributed by atoms with Gasteiger partial charge in [-0.2, -0.15) is 0 Å². The maximum atomic E-state index is 11.0. The van der Waals surface area contributed by atoms with Crippen LogP contribution in [0.2, 0.25) is 10.0 Å². The summed E-state index contributed by atoms with van der Waals surface area (Å²) in [5, 5.41) is 14.4. The average molecular weight is 405 g/mol. The molecule has 1 heterocycles. The molecule has 0 amide bonds. The van der Waals surface area contributed by atoms with E-state index in [1.807, 2.05) is 36.4 Å². The van der Waals surface area contributed by atoms with Crippen LogP contribution < -0.4 is 4.74 Å². The van der Waals surface area contributed by atoms with Crippen LogP contribution in [0.5, 0.6) is 5.88 Å². The van der Waals surface area contributed by atoms with Crippen molar-refractivity contribution in [2.75, 3.05) is 6.61 Å². The third kappa shape index (κ3) is 4.81. The summed E-state index contributed by atoms with van der Waals surface area (Å²) in [5.41, 5.74) is 2.72. The van der Waals surface area contributed by atoms with Gasteiger partial charge in [-0.15, -0.1) is 5.10 Å². The van der Waals surface area contributed by atoms with Crippen LogP contribution in [0.1, 0.15) is 12.5 Å². The zero-order valence-electron chi connectivity index (χ0n) is 14.6. The van der Waals surface area contributed by atoms with E-state index < -0.39 is 11.9 Å². The van der Waals surface area contributed by atoms with E-state index in [0.717, 1.165) is 16.8 Å². The molecule has 1 unspecified atom stereocenters. The lowest BCUT2D eigenvalue weighted by atomic mass is 10.1. The normalized spacial score (nSPS) is 12.0. The van der Waals surface area contributed by atoms with Gasteiger partial charge in [-0.25, -0.2) is 0 Å². The average Bonchev–Trinajstić information content (AvgIpc) is 3.05.